The quantitative estimate of drug-likeness (QED) is 0.903. The van der Waals surface area contributed by atoms with Crippen LogP contribution in [-0.4, -0.2) is 54.5 Å². The van der Waals surface area contributed by atoms with E-state index in [4.69, 9.17) is 5.73 Å². The smallest absolute Gasteiger partial charge is 0.239 e. The molecule has 4 nitrogen and oxygen atoms in total. The van der Waals surface area contributed by atoms with E-state index in [0.29, 0.717) is 6.42 Å². The van der Waals surface area contributed by atoms with E-state index >= 15 is 0 Å². The van der Waals surface area contributed by atoms with Gasteiger partial charge < -0.3 is 15.5 Å². The summed E-state index contributed by atoms with van der Waals surface area (Å²) >= 11 is 0. The van der Waals surface area contributed by atoms with Crippen molar-refractivity contribution in [2.75, 3.05) is 32.7 Å². The Balaban J connectivity index is 1.44. The standard InChI is InChI=1S/C19H29N3O/c20-18(14-16-6-2-1-3-7-16)19(23)22-12-8-17(9-13-22)15-21-10-4-5-11-21/h1-3,6-7,17-18H,4-5,8-15,20H2/t18-/m0/s1. The molecule has 23 heavy (non-hydrogen) atoms. The van der Waals surface area contributed by atoms with Gasteiger partial charge in [0.05, 0.1) is 6.04 Å². The summed E-state index contributed by atoms with van der Waals surface area (Å²) in [5.41, 5.74) is 7.28. The molecule has 4 heteroatoms. The van der Waals surface area contributed by atoms with Crippen LogP contribution in [0.2, 0.25) is 0 Å². The van der Waals surface area contributed by atoms with Crippen molar-refractivity contribution in [2.24, 2.45) is 11.7 Å². The number of nitrogens with zero attached hydrogens (tertiary/aromatic N) is 2. The minimum atomic E-state index is -0.410. The first-order chi connectivity index (χ1) is 11.2. The molecule has 2 aliphatic rings. The fourth-order valence-electron chi connectivity index (χ4n) is 3.86. The van der Waals surface area contributed by atoms with E-state index in [9.17, 15) is 4.79 Å². The summed E-state index contributed by atoms with van der Waals surface area (Å²) in [7, 11) is 0. The lowest BCUT2D eigenvalue weighted by Crippen LogP contribution is -2.48. The van der Waals surface area contributed by atoms with E-state index in [2.05, 4.69) is 4.90 Å². The van der Waals surface area contributed by atoms with Gasteiger partial charge in [-0.1, -0.05) is 30.3 Å². The Hall–Kier alpha value is -1.39. The highest BCUT2D eigenvalue weighted by Crippen LogP contribution is 2.21. The minimum absolute atomic E-state index is 0.119. The number of carbonyl (C=O) groups excluding carboxylic acids is 1. The van der Waals surface area contributed by atoms with Gasteiger partial charge in [-0.05, 0) is 56.7 Å². The molecule has 0 spiro atoms. The van der Waals surface area contributed by atoms with Crippen LogP contribution >= 0.6 is 0 Å². The first kappa shape index (κ1) is 16.5. The molecule has 0 aliphatic carbocycles. The molecule has 126 valence electrons. The summed E-state index contributed by atoms with van der Waals surface area (Å²) in [6.45, 7) is 5.50. The number of hydrogen-bond acceptors (Lipinski definition) is 3. The van der Waals surface area contributed by atoms with Crippen LogP contribution in [0.15, 0.2) is 30.3 Å². The van der Waals surface area contributed by atoms with Gasteiger partial charge in [0.15, 0.2) is 0 Å². The number of likely N-dealkylation sites (tertiary alicyclic amines) is 2. The Morgan fingerprint density at radius 1 is 1.09 bits per heavy atom. The largest absolute Gasteiger partial charge is 0.341 e. The Morgan fingerprint density at radius 3 is 2.39 bits per heavy atom. The Bertz CT molecular complexity index is 491. The Labute approximate surface area is 139 Å². The third kappa shape index (κ3) is 4.55. The SMILES string of the molecule is N[C@@H](Cc1ccccc1)C(=O)N1CCC(CN2CCCC2)CC1. The number of nitrogens with two attached hydrogens (primary N) is 1. The maximum Gasteiger partial charge on any atom is 0.239 e. The molecule has 1 atom stereocenters. The van der Waals surface area contributed by atoms with Crippen molar-refractivity contribution in [2.45, 2.75) is 38.1 Å². The zero-order chi connectivity index (χ0) is 16.1. The van der Waals surface area contributed by atoms with Gasteiger partial charge in [0, 0.05) is 19.6 Å². The van der Waals surface area contributed by atoms with E-state index in [1.54, 1.807) is 0 Å². The molecule has 2 saturated heterocycles. The van der Waals surface area contributed by atoms with Crippen molar-refractivity contribution in [1.29, 1.82) is 0 Å². The molecule has 1 aromatic carbocycles. The maximum atomic E-state index is 12.5. The van der Waals surface area contributed by atoms with Crippen molar-refractivity contribution in [3.05, 3.63) is 35.9 Å². The van der Waals surface area contributed by atoms with Gasteiger partial charge in [-0.15, -0.1) is 0 Å². The first-order valence-electron chi connectivity index (χ1n) is 9.03. The van der Waals surface area contributed by atoms with Gasteiger partial charge in [-0.2, -0.15) is 0 Å². The lowest BCUT2D eigenvalue weighted by atomic mass is 9.95. The van der Waals surface area contributed by atoms with Crippen molar-refractivity contribution in [3.8, 4) is 0 Å². The first-order valence-corrected chi connectivity index (χ1v) is 9.03. The molecule has 0 bridgehead atoms. The monoisotopic (exact) mass is 315 g/mol. The zero-order valence-corrected chi connectivity index (χ0v) is 14.0. The number of hydrogen-bond donors (Lipinski definition) is 1. The van der Waals surface area contributed by atoms with E-state index in [0.717, 1.165) is 37.4 Å². The van der Waals surface area contributed by atoms with Crippen molar-refractivity contribution in [3.63, 3.8) is 0 Å². The average Bonchev–Trinajstić information content (AvgIpc) is 3.09. The number of amides is 1. The second kappa shape index (κ2) is 7.93. The minimum Gasteiger partial charge on any atom is -0.341 e. The maximum absolute atomic E-state index is 12.5. The van der Waals surface area contributed by atoms with Crippen LogP contribution < -0.4 is 5.73 Å². The van der Waals surface area contributed by atoms with Crippen LogP contribution in [0.5, 0.6) is 0 Å². The molecule has 2 N–H and O–H groups in total. The van der Waals surface area contributed by atoms with Crippen LogP contribution in [0.25, 0.3) is 0 Å². The van der Waals surface area contributed by atoms with Crippen molar-refractivity contribution in [1.82, 2.24) is 9.80 Å². The van der Waals surface area contributed by atoms with Crippen LogP contribution in [0.1, 0.15) is 31.2 Å². The highest BCUT2D eigenvalue weighted by molar-refractivity contribution is 5.82. The van der Waals surface area contributed by atoms with E-state index in [-0.39, 0.29) is 5.91 Å². The van der Waals surface area contributed by atoms with Crippen LogP contribution in [0, 0.1) is 5.92 Å². The third-order valence-electron chi connectivity index (χ3n) is 5.26. The van der Waals surface area contributed by atoms with Gasteiger partial charge in [0.1, 0.15) is 0 Å². The van der Waals surface area contributed by atoms with Crippen LogP contribution in [0.3, 0.4) is 0 Å². The molecule has 1 amide bonds. The summed E-state index contributed by atoms with van der Waals surface area (Å²) in [6, 6.07) is 9.65. The van der Waals surface area contributed by atoms with Crippen LogP contribution in [0.4, 0.5) is 0 Å². The average molecular weight is 315 g/mol. The second-order valence-electron chi connectivity index (χ2n) is 7.07. The second-order valence-corrected chi connectivity index (χ2v) is 7.07. The normalized spacial score (nSPS) is 21.5. The van der Waals surface area contributed by atoms with Crippen LogP contribution in [-0.2, 0) is 11.2 Å². The van der Waals surface area contributed by atoms with Gasteiger partial charge in [0.2, 0.25) is 5.91 Å². The predicted molar refractivity (Wildman–Crippen MR) is 93.1 cm³/mol. The fraction of sp³-hybridized carbons (Fsp3) is 0.632. The molecule has 0 saturated carbocycles. The van der Waals surface area contributed by atoms with Gasteiger partial charge >= 0.3 is 0 Å². The highest BCUT2D eigenvalue weighted by Gasteiger charge is 2.27. The topological polar surface area (TPSA) is 49.6 Å². The zero-order valence-electron chi connectivity index (χ0n) is 14.0. The van der Waals surface area contributed by atoms with Gasteiger partial charge in [-0.25, -0.2) is 0 Å². The summed E-state index contributed by atoms with van der Waals surface area (Å²) in [5, 5.41) is 0. The van der Waals surface area contributed by atoms with Gasteiger partial charge in [0.25, 0.3) is 0 Å². The number of carbonyl (C=O) groups is 1. The molecule has 0 radical (unpaired) electrons. The molecule has 3 rings (SSSR count). The Morgan fingerprint density at radius 2 is 1.74 bits per heavy atom. The molecular formula is C19H29N3O. The van der Waals surface area contributed by atoms with Gasteiger partial charge in [-0.3, -0.25) is 4.79 Å². The molecule has 0 unspecified atom stereocenters. The predicted octanol–water partition coefficient (Wildman–Crippen LogP) is 1.89. The third-order valence-corrected chi connectivity index (χ3v) is 5.26. The molecule has 1 aromatic rings. The molecule has 2 aliphatic heterocycles. The number of piperidine rings is 1. The van der Waals surface area contributed by atoms with Crippen molar-refractivity contribution < 1.29 is 4.79 Å². The van der Waals surface area contributed by atoms with E-state index < -0.39 is 6.04 Å². The van der Waals surface area contributed by atoms with E-state index in [1.165, 1.54) is 32.5 Å². The summed E-state index contributed by atoms with van der Waals surface area (Å²) in [5.74, 6) is 0.871. The summed E-state index contributed by atoms with van der Waals surface area (Å²) in [4.78, 5) is 17.1. The fourth-order valence-corrected chi connectivity index (χ4v) is 3.86. The number of rotatable bonds is 5. The lowest BCUT2D eigenvalue weighted by molar-refractivity contribution is -0.134. The summed E-state index contributed by atoms with van der Waals surface area (Å²) in [6.07, 6.45) is 5.59. The lowest BCUT2D eigenvalue weighted by Gasteiger charge is -2.35. The van der Waals surface area contributed by atoms with E-state index in [1.807, 2.05) is 35.2 Å². The number of benzene rings is 1. The molecule has 2 heterocycles. The molecule has 2 fully saturated rings. The van der Waals surface area contributed by atoms with Crippen molar-refractivity contribution >= 4 is 5.91 Å². The molecule has 0 aromatic heterocycles. The summed E-state index contributed by atoms with van der Waals surface area (Å²) < 4.78 is 0. The Kier molecular flexibility index (Phi) is 5.68. The molecular weight excluding hydrogens is 286 g/mol. The highest BCUT2D eigenvalue weighted by atomic mass is 16.2.